The van der Waals surface area contributed by atoms with E-state index in [4.69, 9.17) is 33.9 Å². The largest absolute Gasteiger partial charge is 0.379 e. The summed E-state index contributed by atoms with van der Waals surface area (Å²) in [6.45, 7) is 9.82. The Bertz CT molecular complexity index is 1150. The third-order valence-corrected chi connectivity index (χ3v) is 9.14. The lowest BCUT2D eigenvalue weighted by Crippen LogP contribution is -2.39. The number of rotatable bonds is 10. The van der Waals surface area contributed by atoms with Gasteiger partial charge in [0.1, 0.15) is 11.4 Å². The summed E-state index contributed by atoms with van der Waals surface area (Å²) in [4.78, 5) is 38.1. The molecule has 42 heavy (non-hydrogen) atoms. The van der Waals surface area contributed by atoms with Crippen LogP contribution in [0, 0.1) is 0 Å². The van der Waals surface area contributed by atoms with Crippen molar-refractivity contribution in [2.24, 2.45) is 0 Å². The molecule has 0 aromatic heterocycles. The molecule has 4 fully saturated rings. The molecule has 0 bridgehead atoms. The zero-order chi connectivity index (χ0) is 29.6. The van der Waals surface area contributed by atoms with Gasteiger partial charge in [-0.05, 0) is 60.6 Å². The van der Waals surface area contributed by atoms with Crippen molar-refractivity contribution in [1.82, 2.24) is 29.4 Å². The second kappa shape index (κ2) is 14.2. The van der Waals surface area contributed by atoms with E-state index in [1.54, 1.807) is 19.6 Å². The van der Waals surface area contributed by atoms with Crippen LogP contribution in [0.4, 0.5) is 0 Å². The predicted octanol–water partition coefficient (Wildman–Crippen LogP) is 1.93. The highest BCUT2D eigenvalue weighted by atomic mass is 32.1. The summed E-state index contributed by atoms with van der Waals surface area (Å²) in [5.74, 6) is -0.146. The van der Waals surface area contributed by atoms with Gasteiger partial charge >= 0.3 is 0 Å². The molecule has 0 saturated carbocycles. The minimum Gasteiger partial charge on any atom is -0.379 e. The number of nitrogens with zero attached hydrogens (tertiary/aromatic N) is 6. The fourth-order valence-corrected chi connectivity index (χ4v) is 6.12. The van der Waals surface area contributed by atoms with Gasteiger partial charge < -0.3 is 19.3 Å². The molecule has 226 valence electrons. The number of amides is 2. The van der Waals surface area contributed by atoms with Gasteiger partial charge in [0.15, 0.2) is 10.2 Å². The van der Waals surface area contributed by atoms with Crippen LogP contribution in [0.5, 0.6) is 0 Å². The second-order valence-corrected chi connectivity index (χ2v) is 11.7. The quantitative estimate of drug-likeness (QED) is 0.289. The van der Waals surface area contributed by atoms with Crippen molar-refractivity contribution in [1.29, 1.82) is 0 Å². The molecule has 4 saturated heterocycles. The number of thiocarbonyl (C=S) groups is 2. The van der Waals surface area contributed by atoms with Crippen molar-refractivity contribution < 1.29 is 19.1 Å². The van der Waals surface area contributed by atoms with Gasteiger partial charge in [-0.3, -0.25) is 29.2 Å². The third-order valence-electron chi connectivity index (χ3n) is 8.15. The summed E-state index contributed by atoms with van der Waals surface area (Å²) in [6.07, 6.45) is 5.45. The van der Waals surface area contributed by atoms with E-state index in [0.717, 1.165) is 89.7 Å². The number of hydrogen-bond acceptors (Lipinski definition) is 8. The zero-order valence-corrected chi connectivity index (χ0v) is 26.1. The van der Waals surface area contributed by atoms with E-state index >= 15 is 0 Å². The van der Waals surface area contributed by atoms with Crippen molar-refractivity contribution in [3.05, 3.63) is 46.8 Å². The van der Waals surface area contributed by atoms with Gasteiger partial charge in [0, 0.05) is 66.5 Å². The van der Waals surface area contributed by atoms with Gasteiger partial charge in [0.25, 0.3) is 11.8 Å². The van der Waals surface area contributed by atoms with Gasteiger partial charge in [-0.2, -0.15) is 0 Å². The summed E-state index contributed by atoms with van der Waals surface area (Å²) in [6, 6.07) is 7.79. The van der Waals surface area contributed by atoms with Crippen LogP contribution in [-0.2, 0) is 19.1 Å². The molecule has 0 radical (unpaired) electrons. The van der Waals surface area contributed by atoms with Crippen LogP contribution in [0.1, 0.15) is 24.0 Å². The standard InChI is InChI=1S/C30H40N6O4S2/c1-31-25(27(37)35(29(31)41)11-3-9-33-13-17-39-18-14-33)21-23-5-7-24(8-6-23)22-26-28(38)36(30(42)32(26)2)12-4-10-34-15-19-40-20-16-34/h5-8,21-22H,3-4,9-20H2,1-2H3/b25-21+,26-22+. The lowest BCUT2D eigenvalue weighted by molar-refractivity contribution is -0.123. The zero-order valence-electron chi connectivity index (χ0n) is 24.5. The van der Waals surface area contributed by atoms with Crippen LogP contribution in [0.3, 0.4) is 0 Å². The summed E-state index contributed by atoms with van der Waals surface area (Å²) in [5.41, 5.74) is 2.89. The Kier molecular flexibility index (Phi) is 10.3. The van der Waals surface area contributed by atoms with E-state index in [0.29, 0.717) is 34.7 Å². The first-order valence-corrected chi connectivity index (χ1v) is 15.5. The summed E-state index contributed by atoms with van der Waals surface area (Å²) in [5, 5.41) is 1.06. The van der Waals surface area contributed by atoms with Crippen molar-refractivity contribution in [2.75, 3.05) is 92.9 Å². The number of likely N-dealkylation sites (N-methyl/N-ethyl adjacent to an activating group) is 2. The summed E-state index contributed by atoms with van der Waals surface area (Å²) in [7, 11) is 3.67. The Labute approximate surface area is 259 Å². The molecule has 5 rings (SSSR count). The van der Waals surface area contributed by atoms with Crippen molar-refractivity contribution in [3.8, 4) is 0 Å². The maximum atomic E-state index is 13.2. The Hall–Kier alpha value is -2.74. The molecule has 0 N–H and O–H groups in total. The van der Waals surface area contributed by atoms with E-state index in [-0.39, 0.29) is 11.8 Å². The molecule has 1 aromatic carbocycles. The molecule has 0 atom stereocenters. The van der Waals surface area contributed by atoms with Gasteiger partial charge in [0.05, 0.1) is 26.4 Å². The number of ether oxygens (including phenoxy) is 2. The molecule has 4 aliphatic heterocycles. The average molecular weight is 613 g/mol. The molecule has 4 heterocycles. The first kappa shape index (κ1) is 30.7. The van der Waals surface area contributed by atoms with Crippen LogP contribution < -0.4 is 0 Å². The highest BCUT2D eigenvalue weighted by Gasteiger charge is 2.36. The third kappa shape index (κ3) is 7.07. The SMILES string of the molecule is CN1C(=S)N(CCCN2CCOCC2)C(=O)/C1=C\c1ccc(/C=C2\C(=O)N(CCCN3CCOCC3)C(=S)N2C)cc1. The minimum atomic E-state index is -0.0731. The maximum absolute atomic E-state index is 13.2. The fraction of sp³-hybridized carbons (Fsp3) is 0.533. The Balaban J connectivity index is 1.18. The van der Waals surface area contributed by atoms with Crippen LogP contribution >= 0.6 is 24.4 Å². The van der Waals surface area contributed by atoms with E-state index in [9.17, 15) is 9.59 Å². The monoisotopic (exact) mass is 612 g/mol. The van der Waals surface area contributed by atoms with Crippen molar-refractivity contribution in [3.63, 3.8) is 0 Å². The molecule has 1 aromatic rings. The summed E-state index contributed by atoms with van der Waals surface area (Å²) >= 11 is 11.2. The summed E-state index contributed by atoms with van der Waals surface area (Å²) < 4.78 is 10.8. The van der Waals surface area contributed by atoms with E-state index in [1.165, 1.54) is 0 Å². The number of hydrogen-bond donors (Lipinski definition) is 0. The van der Waals surface area contributed by atoms with Crippen molar-refractivity contribution >= 4 is 58.6 Å². The molecule has 4 aliphatic rings. The molecular weight excluding hydrogens is 573 g/mol. The maximum Gasteiger partial charge on any atom is 0.276 e. The lowest BCUT2D eigenvalue weighted by atomic mass is 10.1. The number of benzene rings is 1. The van der Waals surface area contributed by atoms with Gasteiger partial charge in [-0.15, -0.1) is 0 Å². The molecule has 0 unspecified atom stereocenters. The molecule has 0 aliphatic carbocycles. The number of carbonyl (C=O) groups excluding carboxylic acids is 2. The number of morpholine rings is 2. The van der Waals surface area contributed by atoms with Gasteiger partial charge in [-0.1, -0.05) is 24.3 Å². The van der Waals surface area contributed by atoms with Crippen LogP contribution in [0.2, 0.25) is 0 Å². The number of carbonyl (C=O) groups is 2. The van der Waals surface area contributed by atoms with Gasteiger partial charge in [-0.25, -0.2) is 0 Å². The Morgan fingerprint density at radius 3 is 1.36 bits per heavy atom. The van der Waals surface area contributed by atoms with Crippen LogP contribution in [0.25, 0.3) is 12.2 Å². The molecular formula is C30H40N6O4S2. The molecule has 12 heteroatoms. The minimum absolute atomic E-state index is 0.0731. The van der Waals surface area contributed by atoms with E-state index < -0.39 is 0 Å². The van der Waals surface area contributed by atoms with Gasteiger partial charge in [0.2, 0.25) is 0 Å². The smallest absolute Gasteiger partial charge is 0.276 e. The van der Waals surface area contributed by atoms with E-state index in [1.807, 2.05) is 50.5 Å². The van der Waals surface area contributed by atoms with Crippen LogP contribution in [0.15, 0.2) is 35.7 Å². The predicted molar refractivity (Wildman–Crippen MR) is 170 cm³/mol. The first-order valence-electron chi connectivity index (χ1n) is 14.7. The fourth-order valence-electron chi connectivity index (χ4n) is 5.58. The molecule has 2 amide bonds. The normalized spacial score (nSPS) is 23.0. The van der Waals surface area contributed by atoms with Crippen LogP contribution in [-0.4, -0.2) is 144 Å². The second-order valence-electron chi connectivity index (χ2n) is 10.9. The average Bonchev–Trinajstić information content (AvgIpc) is 3.33. The van der Waals surface area contributed by atoms with Crippen molar-refractivity contribution in [2.45, 2.75) is 12.8 Å². The molecule has 10 nitrogen and oxygen atoms in total. The lowest BCUT2D eigenvalue weighted by Gasteiger charge is -2.27. The highest BCUT2D eigenvalue weighted by molar-refractivity contribution is 7.80. The topological polar surface area (TPSA) is 72.0 Å². The highest BCUT2D eigenvalue weighted by Crippen LogP contribution is 2.25. The van der Waals surface area contributed by atoms with E-state index in [2.05, 4.69) is 9.80 Å². The Morgan fingerprint density at radius 2 is 1.00 bits per heavy atom. The molecule has 0 spiro atoms. The Morgan fingerprint density at radius 1 is 0.643 bits per heavy atom. The first-order chi connectivity index (χ1) is 20.3.